The fourth-order valence-electron chi connectivity index (χ4n) is 7.37. The third kappa shape index (κ3) is 18.0. The molecule has 17 nitrogen and oxygen atoms in total. The van der Waals surface area contributed by atoms with E-state index < -0.39 is 32.6 Å². The van der Waals surface area contributed by atoms with Crippen LogP contribution in [-0.4, -0.2) is 139 Å². The Morgan fingerprint density at radius 1 is 0.622 bits per heavy atom. The number of carbonyl (C=O) groups excluding carboxylic acids is 1. The summed E-state index contributed by atoms with van der Waals surface area (Å²) in [5.41, 5.74) is 8.98. The van der Waals surface area contributed by atoms with Crippen molar-refractivity contribution in [2.24, 2.45) is 0 Å². The zero-order valence-corrected chi connectivity index (χ0v) is 46.9. The van der Waals surface area contributed by atoms with E-state index in [1.807, 2.05) is 50.5 Å². The van der Waals surface area contributed by atoms with E-state index >= 15 is 0 Å². The average Bonchev–Trinajstić information content (AvgIpc) is 3.99. The Bertz CT molecular complexity index is 2930. The Kier molecular flexibility index (Phi) is 25.0. The summed E-state index contributed by atoms with van der Waals surface area (Å²) in [7, 11) is 2.30. The van der Waals surface area contributed by atoms with Crippen molar-refractivity contribution in [2.45, 2.75) is 71.8 Å². The normalized spacial score (nSPS) is 11.3. The Morgan fingerprint density at radius 3 is 1.34 bits per heavy atom. The molecule has 21 heteroatoms. The number of rotatable bonds is 22. The van der Waals surface area contributed by atoms with Crippen LogP contribution in [-0.2, 0) is 52.2 Å². The maximum Gasteiger partial charge on any atom is 0.329 e. The molecule has 0 spiro atoms. The van der Waals surface area contributed by atoms with E-state index in [0.29, 0.717) is 40.3 Å². The molecule has 0 aliphatic rings. The van der Waals surface area contributed by atoms with Crippen LogP contribution in [0.1, 0.15) is 50.8 Å². The monoisotopic (exact) mass is 1100 g/mol. The van der Waals surface area contributed by atoms with E-state index in [-0.39, 0.29) is 56.0 Å². The smallest absolute Gasteiger partial charge is 0.329 e. The molecule has 2 N–H and O–H groups in total. The van der Waals surface area contributed by atoms with Crippen molar-refractivity contribution < 1.29 is 50.5 Å². The molecule has 0 saturated carbocycles. The van der Waals surface area contributed by atoms with Crippen LogP contribution in [0.3, 0.4) is 0 Å². The number of nitrogens with one attached hydrogen (secondary N) is 1. The van der Waals surface area contributed by atoms with Crippen LogP contribution in [0.2, 0.25) is 0 Å². The SMILES string of the molecule is C.CNCc1ccc(-c2csc(C)n2)cc1.COc1cc(C)c(S(=O)(=O)N(C)CCOCC(=O)N(C)Cc2ccc(-c3csc(C)n3)cc2)c(C)c1.COc1cc(C)c(S(=O)(=O)N(C)CCOCC(=O)O)c(C)c1. The predicted molar refractivity (Wildman–Crippen MR) is 294 cm³/mol. The number of amides is 1. The molecule has 6 aromatic rings. The molecule has 404 valence electrons. The van der Waals surface area contributed by atoms with Gasteiger partial charge in [-0.3, -0.25) is 4.79 Å². The summed E-state index contributed by atoms with van der Waals surface area (Å²) in [6, 6.07) is 23.2. The minimum absolute atomic E-state index is 0. The van der Waals surface area contributed by atoms with Gasteiger partial charge in [0, 0.05) is 69.2 Å². The second kappa shape index (κ2) is 29.5. The quantitative estimate of drug-likeness (QED) is 0.0611. The first-order chi connectivity index (χ1) is 34.5. The molecule has 0 bridgehead atoms. The van der Waals surface area contributed by atoms with Gasteiger partial charge in [-0.05, 0) is 106 Å². The van der Waals surface area contributed by atoms with Crippen LogP contribution in [0, 0.1) is 41.5 Å². The largest absolute Gasteiger partial charge is 0.497 e. The fraction of sp³-hybridized carbons (Fsp3) is 0.396. The fourth-order valence-corrected chi connectivity index (χ4v) is 11.7. The van der Waals surface area contributed by atoms with Crippen molar-refractivity contribution in [3.05, 3.63) is 127 Å². The molecule has 0 saturated heterocycles. The molecule has 0 aliphatic carbocycles. The van der Waals surface area contributed by atoms with Crippen molar-refractivity contribution in [1.82, 2.24) is 28.8 Å². The molecule has 0 radical (unpaired) electrons. The van der Waals surface area contributed by atoms with Gasteiger partial charge in [0.25, 0.3) is 0 Å². The van der Waals surface area contributed by atoms with E-state index in [9.17, 15) is 26.4 Å². The highest BCUT2D eigenvalue weighted by atomic mass is 32.2. The molecular formula is C53H72N6O11S4. The van der Waals surface area contributed by atoms with E-state index in [1.54, 1.807) is 93.7 Å². The third-order valence-corrected chi connectivity index (χ3v) is 17.1. The van der Waals surface area contributed by atoms with Gasteiger partial charge >= 0.3 is 5.97 Å². The van der Waals surface area contributed by atoms with Gasteiger partial charge in [-0.2, -0.15) is 8.61 Å². The zero-order chi connectivity index (χ0) is 54.0. The van der Waals surface area contributed by atoms with Crippen molar-refractivity contribution in [1.29, 1.82) is 0 Å². The van der Waals surface area contributed by atoms with Crippen LogP contribution >= 0.6 is 22.7 Å². The number of ether oxygens (including phenoxy) is 4. The number of likely N-dealkylation sites (N-methyl/N-ethyl adjacent to an activating group) is 3. The Hall–Kier alpha value is -5.62. The molecule has 0 atom stereocenters. The summed E-state index contributed by atoms with van der Waals surface area (Å²) >= 11 is 3.30. The number of aromatic nitrogens is 2. The molecule has 74 heavy (non-hydrogen) atoms. The van der Waals surface area contributed by atoms with E-state index in [1.165, 1.54) is 36.6 Å². The van der Waals surface area contributed by atoms with Crippen molar-refractivity contribution in [3.8, 4) is 34.0 Å². The summed E-state index contributed by atoms with van der Waals surface area (Å²) in [5, 5.41) is 17.9. The molecule has 2 aromatic heterocycles. The molecule has 4 aromatic carbocycles. The van der Waals surface area contributed by atoms with Gasteiger partial charge in [0.2, 0.25) is 26.0 Å². The zero-order valence-electron chi connectivity index (χ0n) is 43.6. The van der Waals surface area contributed by atoms with Crippen molar-refractivity contribution in [2.75, 3.05) is 81.9 Å². The Balaban J connectivity index is 0.000000322. The van der Waals surface area contributed by atoms with E-state index in [0.717, 1.165) is 43.4 Å². The number of aliphatic carboxylic acids is 1. The van der Waals surface area contributed by atoms with Gasteiger partial charge in [0.05, 0.1) is 58.6 Å². The maximum atomic E-state index is 13.1. The summed E-state index contributed by atoms with van der Waals surface area (Å²) in [6.45, 7) is 12.0. The number of hydrogen-bond donors (Lipinski definition) is 2. The van der Waals surface area contributed by atoms with Gasteiger partial charge in [-0.25, -0.2) is 31.6 Å². The van der Waals surface area contributed by atoms with Gasteiger partial charge in [0.1, 0.15) is 24.7 Å². The Morgan fingerprint density at radius 2 is 1.00 bits per heavy atom. The summed E-state index contributed by atoms with van der Waals surface area (Å²) in [4.78, 5) is 33.9. The van der Waals surface area contributed by atoms with Crippen LogP contribution in [0.5, 0.6) is 11.5 Å². The van der Waals surface area contributed by atoms with E-state index in [2.05, 4.69) is 44.9 Å². The first kappa shape index (κ1) is 62.7. The minimum atomic E-state index is -3.71. The number of carboxylic acids is 1. The summed E-state index contributed by atoms with van der Waals surface area (Å²) in [5.74, 6) is -0.0571. The Labute approximate surface area is 446 Å². The highest BCUT2D eigenvalue weighted by Gasteiger charge is 2.27. The number of sulfonamides is 2. The number of carbonyl (C=O) groups is 2. The highest BCUT2D eigenvalue weighted by Crippen LogP contribution is 2.29. The number of aryl methyl sites for hydroxylation is 6. The lowest BCUT2D eigenvalue weighted by molar-refractivity contribution is -0.142. The second-order valence-corrected chi connectivity index (χ2v) is 23.1. The summed E-state index contributed by atoms with van der Waals surface area (Å²) < 4.78 is 74.5. The molecule has 0 fully saturated rings. The molecule has 0 unspecified atom stereocenters. The molecule has 6 rings (SSSR count). The van der Waals surface area contributed by atoms with Gasteiger partial charge in [-0.15, -0.1) is 22.7 Å². The molecular weight excluding hydrogens is 1020 g/mol. The number of hydrogen-bond acceptors (Lipinski definition) is 15. The number of nitrogens with zero attached hydrogens (tertiary/aromatic N) is 5. The number of methoxy groups -OCH3 is 2. The highest BCUT2D eigenvalue weighted by molar-refractivity contribution is 7.89. The maximum absolute atomic E-state index is 13.1. The topological polar surface area (TPSA) is 207 Å². The molecule has 0 aliphatic heterocycles. The van der Waals surface area contributed by atoms with E-state index in [4.69, 9.17) is 24.1 Å². The van der Waals surface area contributed by atoms with Crippen molar-refractivity contribution >= 4 is 54.6 Å². The second-order valence-electron chi connectivity index (χ2n) is 17.0. The first-order valence-corrected chi connectivity index (χ1v) is 27.7. The van der Waals surface area contributed by atoms with Crippen molar-refractivity contribution in [3.63, 3.8) is 0 Å². The van der Waals surface area contributed by atoms with Crippen LogP contribution in [0.25, 0.3) is 22.5 Å². The molecule has 2 heterocycles. The average molecular weight is 1100 g/mol. The first-order valence-electron chi connectivity index (χ1n) is 23.0. The van der Waals surface area contributed by atoms with Crippen LogP contribution in [0.4, 0.5) is 0 Å². The summed E-state index contributed by atoms with van der Waals surface area (Å²) in [6.07, 6.45) is 0. The molecule has 1 amide bonds. The number of benzene rings is 4. The lowest BCUT2D eigenvalue weighted by atomic mass is 10.1. The lowest BCUT2D eigenvalue weighted by Crippen LogP contribution is -2.33. The number of carboxylic acid groups (broad SMARTS) is 1. The number of thiazole rings is 2. The van der Waals surface area contributed by atoms with Gasteiger partial charge in [-0.1, -0.05) is 56.0 Å². The van der Waals surface area contributed by atoms with Gasteiger partial charge in [0.15, 0.2) is 0 Å². The third-order valence-electron chi connectivity index (χ3n) is 11.2. The lowest BCUT2D eigenvalue weighted by Gasteiger charge is -2.21. The predicted octanol–water partition coefficient (Wildman–Crippen LogP) is 8.55. The van der Waals surface area contributed by atoms with Gasteiger partial charge < -0.3 is 34.3 Å². The minimum Gasteiger partial charge on any atom is -0.497 e. The van der Waals surface area contributed by atoms with Crippen LogP contribution < -0.4 is 14.8 Å². The van der Waals surface area contributed by atoms with Crippen LogP contribution in [0.15, 0.2) is 93.3 Å². The standard InChI is InChI=1S/C26H33N3O5S2.C14H21NO6S.C12H14N2S.CH4/c1-18-13-23(33-6)14-19(2)26(18)36(31,32)29(5)11-12-34-16-25(30)28(4)15-21-7-9-22(10-8-21)24-17-35-20(3)27-24;1-10-7-12(20-4)8-11(2)14(10)22(18,19)15(3)5-6-21-9-13(16)17;1-9-14-12(8-15-9)11-5-3-10(4-6-11)7-13-2;/h7-10,13-14,17H,11-12,15-16H2,1-6H3;7-8H,5-6,9H2,1-4H3,(H,16,17);3-6,8,13H,7H2,1-2H3;1H4.